The first-order valence-electron chi connectivity index (χ1n) is 9.23. The highest BCUT2D eigenvalue weighted by molar-refractivity contribution is 5.94. The summed E-state index contributed by atoms with van der Waals surface area (Å²) in [6.07, 6.45) is -0.183. The fourth-order valence-electron chi connectivity index (χ4n) is 3.24. The van der Waals surface area contributed by atoms with Crippen molar-refractivity contribution in [3.63, 3.8) is 0 Å². The minimum absolute atomic E-state index is 0.169. The third-order valence-corrected chi connectivity index (χ3v) is 4.61. The molecule has 2 heterocycles. The molecule has 0 bridgehead atoms. The van der Waals surface area contributed by atoms with E-state index < -0.39 is 0 Å². The maximum absolute atomic E-state index is 13.2. The molecule has 4 rings (SSSR count). The molecule has 2 aromatic carbocycles. The van der Waals surface area contributed by atoms with Gasteiger partial charge in [0, 0.05) is 12.1 Å². The van der Waals surface area contributed by atoms with Gasteiger partial charge in [0.2, 0.25) is 0 Å². The fraction of sp³-hybridized carbons (Fsp3) is 0.238. The van der Waals surface area contributed by atoms with Crippen molar-refractivity contribution < 1.29 is 13.9 Å². The van der Waals surface area contributed by atoms with Crippen LogP contribution in [0, 0.1) is 5.82 Å². The van der Waals surface area contributed by atoms with Gasteiger partial charge in [-0.15, -0.1) is 0 Å². The number of halogens is 1. The van der Waals surface area contributed by atoms with Crippen LogP contribution in [0.1, 0.15) is 29.1 Å². The number of nitrogens with zero attached hydrogens (tertiary/aromatic N) is 2. The van der Waals surface area contributed by atoms with Gasteiger partial charge in [0.25, 0.3) is 5.91 Å². The number of ether oxygens (including phenoxy) is 1. The molecule has 0 fully saturated rings. The molecule has 0 radical (unpaired) electrons. The predicted molar refractivity (Wildman–Crippen MR) is 103 cm³/mol. The van der Waals surface area contributed by atoms with Gasteiger partial charge in [-0.05, 0) is 55.0 Å². The maximum Gasteiger partial charge on any atom is 0.269 e. The lowest BCUT2D eigenvalue weighted by molar-refractivity contribution is 0.0900. The van der Waals surface area contributed by atoms with E-state index in [4.69, 9.17) is 4.74 Å². The van der Waals surface area contributed by atoms with Gasteiger partial charge in [-0.3, -0.25) is 10.1 Å². The quantitative estimate of drug-likeness (QED) is 0.690. The first-order valence-corrected chi connectivity index (χ1v) is 9.23. The van der Waals surface area contributed by atoms with Crippen molar-refractivity contribution in [3.8, 4) is 17.0 Å². The zero-order valence-electron chi connectivity index (χ0n) is 15.5. The molecule has 1 atom stereocenters. The number of hydrogen-bond acceptors (Lipinski definition) is 4. The van der Waals surface area contributed by atoms with Crippen molar-refractivity contribution in [1.29, 1.82) is 0 Å². The standard InChI is InChI=1S/C21H21FN4O2/c1-2-28-17-5-3-4-14(10-17)12-23-20-13-24-21(27)19-11-18(25-26(19)20)15-6-8-16(22)9-7-15/h3-11,20,23H,2,12-13H2,1H3,(H,24,27). The Morgan fingerprint density at radius 3 is 2.86 bits per heavy atom. The average molecular weight is 380 g/mol. The number of rotatable bonds is 6. The molecule has 6 nitrogen and oxygen atoms in total. The summed E-state index contributed by atoms with van der Waals surface area (Å²) in [4.78, 5) is 12.2. The molecule has 28 heavy (non-hydrogen) atoms. The van der Waals surface area contributed by atoms with Crippen molar-refractivity contribution in [1.82, 2.24) is 20.4 Å². The van der Waals surface area contributed by atoms with E-state index in [1.54, 1.807) is 22.9 Å². The number of aromatic nitrogens is 2. The topological polar surface area (TPSA) is 68.2 Å². The average Bonchev–Trinajstić information content (AvgIpc) is 3.15. The van der Waals surface area contributed by atoms with Crippen molar-refractivity contribution in [2.45, 2.75) is 19.6 Å². The van der Waals surface area contributed by atoms with Gasteiger partial charge in [0.05, 0.1) is 18.8 Å². The molecular formula is C21H21FN4O2. The summed E-state index contributed by atoms with van der Waals surface area (Å²) in [5.74, 6) is 0.355. The summed E-state index contributed by atoms with van der Waals surface area (Å²) >= 11 is 0. The van der Waals surface area contributed by atoms with Gasteiger partial charge >= 0.3 is 0 Å². The molecule has 0 saturated heterocycles. The van der Waals surface area contributed by atoms with Crippen molar-refractivity contribution in [2.24, 2.45) is 0 Å². The molecule has 1 aromatic heterocycles. The van der Waals surface area contributed by atoms with Crippen LogP contribution in [0.25, 0.3) is 11.3 Å². The second-order valence-corrected chi connectivity index (χ2v) is 6.55. The van der Waals surface area contributed by atoms with Crippen LogP contribution in [0.3, 0.4) is 0 Å². The number of carbonyl (C=O) groups excluding carboxylic acids is 1. The highest BCUT2D eigenvalue weighted by atomic mass is 19.1. The Labute approximate surface area is 162 Å². The zero-order valence-corrected chi connectivity index (χ0v) is 15.5. The zero-order chi connectivity index (χ0) is 19.5. The molecule has 0 aliphatic carbocycles. The van der Waals surface area contributed by atoms with E-state index >= 15 is 0 Å². The summed E-state index contributed by atoms with van der Waals surface area (Å²) in [6, 6.07) is 15.7. The normalized spacial score (nSPS) is 15.8. The molecule has 1 aliphatic heterocycles. The van der Waals surface area contributed by atoms with Crippen molar-refractivity contribution >= 4 is 5.91 Å². The van der Waals surface area contributed by atoms with Crippen molar-refractivity contribution in [2.75, 3.05) is 13.2 Å². The third-order valence-electron chi connectivity index (χ3n) is 4.61. The van der Waals surface area contributed by atoms with E-state index in [0.717, 1.165) is 16.9 Å². The highest BCUT2D eigenvalue weighted by Crippen LogP contribution is 2.23. The van der Waals surface area contributed by atoms with E-state index in [2.05, 4.69) is 15.7 Å². The lowest BCUT2D eigenvalue weighted by Crippen LogP contribution is -2.45. The first kappa shape index (κ1) is 18.2. The van der Waals surface area contributed by atoms with Crippen LogP contribution in [-0.2, 0) is 6.54 Å². The lowest BCUT2D eigenvalue weighted by Gasteiger charge is -2.26. The Morgan fingerprint density at radius 1 is 1.25 bits per heavy atom. The number of carbonyl (C=O) groups is 1. The van der Waals surface area contributed by atoms with Crippen LogP contribution in [0.5, 0.6) is 5.75 Å². The van der Waals surface area contributed by atoms with Crippen LogP contribution in [-0.4, -0.2) is 28.8 Å². The third kappa shape index (κ3) is 3.75. The maximum atomic E-state index is 13.2. The SMILES string of the molecule is CCOc1cccc(CNC2CNC(=O)c3cc(-c4ccc(F)cc4)nn32)c1. The molecule has 1 amide bonds. The molecule has 1 aliphatic rings. The Hall–Kier alpha value is -3.19. The number of nitrogens with one attached hydrogen (secondary N) is 2. The summed E-state index contributed by atoms with van der Waals surface area (Å²) in [5.41, 5.74) is 2.96. The van der Waals surface area contributed by atoms with E-state index in [-0.39, 0.29) is 17.9 Å². The second-order valence-electron chi connectivity index (χ2n) is 6.55. The monoisotopic (exact) mass is 380 g/mol. The van der Waals surface area contributed by atoms with Gasteiger partial charge in [0.1, 0.15) is 23.4 Å². The van der Waals surface area contributed by atoms with Gasteiger partial charge in [-0.25, -0.2) is 9.07 Å². The summed E-state index contributed by atoms with van der Waals surface area (Å²) in [6.45, 7) is 3.61. The molecular weight excluding hydrogens is 359 g/mol. The van der Waals surface area contributed by atoms with Crippen LogP contribution >= 0.6 is 0 Å². The van der Waals surface area contributed by atoms with Gasteiger partial charge in [-0.1, -0.05) is 12.1 Å². The summed E-state index contributed by atoms with van der Waals surface area (Å²) < 4.78 is 20.4. The van der Waals surface area contributed by atoms with Gasteiger partial charge < -0.3 is 10.1 Å². The smallest absolute Gasteiger partial charge is 0.269 e. The molecule has 1 unspecified atom stereocenters. The first-order chi connectivity index (χ1) is 13.6. The van der Waals surface area contributed by atoms with E-state index in [0.29, 0.717) is 31.1 Å². The predicted octanol–water partition coefficient (Wildman–Crippen LogP) is 3.12. The van der Waals surface area contributed by atoms with Gasteiger partial charge in [0.15, 0.2) is 0 Å². The number of fused-ring (bicyclic) bond motifs is 1. The Bertz CT molecular complexity index is 984. The second kappa shape index (κ2) is 7.82. The van der Waals surface area contributed by atoms with Crippen LogP contribution in [0.2, 0.25) is 0 Å². The minimum Gasteiger partial charge on any atom is -0.494 e. The van der Waals surface area contributed by atoms with Crippen molar-refractivity contribution in [3.05, 3.63) is 71.7 Å². The fourth-order valence-corrected chi connectivity index (χ4v) is 3.24. The van der Waals surface area contributed by atoms with Crippen LogP contribution in [0.15, 0.2) is 54.6 Å². The van der Waals surface area contributed by atoms with E-state index in [1.807, 2.05) is 31.2 Å². The largest absolute Gasteiger partial charge is 0.494 e. The van der Waals surface area contributed by atoms with Crippen LogP contribution < -0.4 is 15.4 Å². The Morgan fingerprint density at radius 2 is 2.07 bits per heavy atom. The highest BCUT2D eigenvalue weighted by Gasteiger charge is 2.27. The van der Waals surface area contributed by atoms with E-state index in [9.17, 15) is 9.18 Å². The lowest BCUT2D eigenvalue weighted by atomic mass is 10.1. The van der Waals surface area contributed by atoms with E-state index in [1.165, 1.54) is 12.1 Å². The molecule has 0 saturated carbocycles. The molecule has 2 N–H and O–H groups in total. The summed E-state index contributed by atoms with van der Waals surface area (Å²) in [7, 11) is 0. The Balaban J connectivity index is 1.54. The molecule has 3 aromatic rings. The molecule has 7 heteroatoms. The minimum atomic E-state index is -0.306. The number of hydrogen-bond donors (Lipinski definition) is 2. The summed E-state index contributed by atoms with van der Waals surface area (Å²) in [5, 5.41) is 10.9. The molecule has 144 valence electrons. The van der Waals surface area contributed by atoms with Gasteiger partial charge in [-0.2, -0.15) is 5.10 Å². The molecule has 0 spiro atoms. The number of benzene rings is 2. The number of amides is 1. The van der Waals surface area contributed by atoms with Crippen LogP contribution in [0.4, 0.5) is 4.39 Å². The Kier molecular flexibility index (Phi) is 5.08.